The summed E-state index contributed by atoms with van der Waals surface area (Å²) in [5.41, 5.74) is 6.43. The summed E-state index contributed by atoms with van der Waals surface area (Å²) in [6.45, 7) is 2.55. The van der Waals surface area contributed by atoms with Gasteiger partial charge in [0.25, 0.3) is 5.91 Å². The van der Waals surface area contributed by atoms with E-state index in [1.54, 1.807) is 0 Å². The number of rotatable bonds is 5. The van der Waals surface area contributed by atoms with Crippen LogP contribution in [0.2, 0.25) is 5.02 Å². The number of nitrogens with two attached hydrogens (primary N) is 1. The number of aliphatic hydroxyl groups excluding tert-OH is 1. The van der Waals surface area contributed by atoms with E-state index in [4.69, 9.17) is 22.1 Å². The average Bonchev–Trinajstić information content (AvgIpc) is 2.97. The summed E-state index contributed by atoms with van der Waals surface area (Å²) >= 11 is 5.98. The number of anilines is 1. The number of hydrogen-bond acceptors (Lipinski definition) is 5. The molecular weight excluding hydrogens is 341 g/mol. The number of hydrogen-bond donors (Lipinski definition) is 4. The van der Waals surface area contributed by atoms with Crippen LogP contribution in [0.25, 0.3) is 0 Å². The molecule has 1 heterocycles. The fourth-order valence-electron chi connectivity index (χ4n) is 2.63. The second-order valence-electron chi connectivity index (χ2n) is 5.47. The molecule has 0 aliphatic carbocycles. The summed E-state index contributed by atoms with van der Waals surface area (Å²) in [6, 6.07) is 3.01. The molecule has 1 amide bonds. The summed E-state index contributed by atoms with van der Waals surface area (Å²) in [4.78, 5) is 12.4. The van der Waals surface area contributed by atoms with Crippen molar-refractivity contribution in [3.63, 3.8) is 0 Å². The van der Waals surface area contributed by atoms with Gasteiger partial charge in [0.1, 0.15) is 5.75 Å². The molecule has 6 nitrogen and oxygen atoms in total. The Bertz CT molecular complexity index is 557. The van der Waals surface area contributed by atoms with Gasteiger partial charge in [0, 0.05) is 24.7 Å². The third kappa shape index (κ3) is 4.64. The highest BCUT2D eigenvalue weighted by atomic mass is 35.5. The average molecular weight is 364 g/mol. The number of carbonyl (C=O) groups is 1. The van der Waals surface area contributed by atoms with Crippen LogP contribution in [-0.4, -0.2) is 42.9 Å². The Morgan fingerprint density at radius 1 is 1.61 bits per heavy atom. The van der Waals surface area contributed by atoms with Crippen molar-refractivity contribution in [2.45, 2.75) is 38.0 Å². The smallest absolute Gasteiger partial charge is 0.255 e. The molecule has 2 rings (SSSR count). The van der Waals surface area contributed by atoms with Gasteiger partial charge < -0.3 is 26.2 Å². The Morgan fingerprint density at radius 2 is 2.30 bits per heavy atom. The number of ether oxygens (including phenoxy) is 1. The van der Waals surface area contributed by atoms with Crippen LogP contribution >= 0.6 is 24.0 Å². The molecule has 8 heteroatoms. The molecule has 1 aliphatic rings. The lowest BCUT2D eigenvalue weighted by molar-refractivity contribution is 0.0932. The largest absolute Gasteiger partial charge is 0.496 e. The standard InChI is InChI=1S/C15H22ClN3O3.ClH/c1-3-13(20)12-4-8(7-18-12)19-15(21)9-5-10(16)11(17)6-14(9)22-2;/h5-6,8,12-13,18,20H,3-4,7,17H2,1-2H3,(H,19,21);1H. The Labute approximate surface area is 147 Å². The number of methoxy groups -OCH3 is 1. The molecule has 0 radical (unpaired) electrons. The van der Waals surface area contributed by atoms with E-state index in [9.17, 15) is 9.90 Å². The molecule has 0 aromatic heterocycles. The van der Waals surface area contributed by atoms with E-state index in [0.717, 1.165) is 0 Å². The quantitative estimate of drug-likeness (QED) is 0.595. The molecular formula is C15H23Cl2N3O3. The van der Waals surface area contributed by atoms with E-state index >= 15 is 0 Å². The van der Waals surface area contributed by atoms with Crippen LogP contribution in [0, 0.1) is 0 Å². The molecule has 1 aliphatic heterocycles. The molecule has 5 N–H and O–H groups in total. The van der Waals surface area contributed by atoms with Gasteiger partial charge in [-0.05, 0) is 18.9 Å². The maximum atomic E-state index is 12.4. The lowest BCUT2D eigenvalue weighted by Crippen LogP contribution is -2.36. The predicted molar refractivity (Wildman–Crippen MR) is 93.6 cm³/mol. The lowest BCUT2D eigenvalue weighted by atomic mass is 10.0. The fourth-order valence-corrected chi connectivity index (χ4v) is 2.80. The topological polar surface area (TPSA) is 96.6 Å². The van der Waals surface area contributed by atoms with Crippen LogP contribution in [0.5, 0.6) is 5.75 Å². The van der Waals surface area contributed by atoms with Gasteiger partial charge in [-0.1, -0.05) is 18.5 Å². The van der Waals surface area contributed by atoms with Gasteiger partial charge in [-0.15, -0.1) is 12.4 Å². The summed E-state index contributed by atoms with van der Waals surface area (Å²) in [7, 11) is 1.48. The third-order valence-corrected chi connectivity index (χ3v) is 4.27. The van der Waals surface area contributed by atoms with Crippen LogP contribution < -0.4 is 21.1 Å². The number of aliphatic hydroxyl groups is 1. The first-order valence-electron chi connectivity index (χ1n) is 7.31. The minimum absolute atomic E-state index is 0. The maximum absolute atomic E-state index is 12.4. The first kappa shape index (κ1) is 19.8. The normalized spacial score (nSPS) is 21.4. The highest BCUT2D eigenvalue weighted by Crippen LogP contribution is 2.29. The Hall–Kier alpha value is -1.21. The zero-order valence-electron chi connectivity index (χ0n) is 13.1. The van der Waals surface area contributed by atoms with Gasteiger partial charge in [-0.25, -0.2) is 0 Å². The molecule has 3 unspecified atom stereocenters. The maximum Gasteiger partial charge on any atom is 0.255 e. The van der Waals surface area contributed by atoms with E-state index < -0.39 is 6.10 Å². The van der Waals surface area contributed by atoms with E-state index in [-0.39, 0.29) is 30.4 Å². The molecule has 0 saturated carbocycles. The predicted octanol–water partition coefficient (Wildman–Crippen LogP) is 1.58. The van der Waals surface area contributed by atoms with Gasteiger partial charge in [0.05, 0.1) is 29.5 Å². The van der Waals surface area contributed by atoms with E-state index in [1.807, 2.05) is 6.92 Å². The highest BCUT2D eigenvalue weighted by molar-refractivity contribution is 6.33. The number of halogens is 2. The summed E-state index contributed by atoms with van der Waals surface area (Å²) < 4.78 is 5.19. The van der Waals surface area contributed by atoms with Crippen LogP contribution in [0.3, 0.4) is 0 Å². The van der Waals surface area contributed by atoms with Crippen molar-refractivity contribution in [1.82, 2.24) is 10.6 Å². The number of carbonyl (C=O) groups excluding carboxylic acids is 1. The van der Waals surface area contributed by atoms with E-state index in [2.05, 4.69) is 10.6 Å². The highest BCUT2D eigenvalue weighted by Gasteiger charge is 2.30. The zero-order valence-corrected chi connectivity index (χ0v) is 14.7. The van der Waals surface area contributed by atoms with Crippen molar-refractivity contribution in [2.24, 2.45) is 0 Å². The number of nitrogen functional groups attached to an aromatic ring is 1. The monoisotopic (exact) mass is 363 g/mol. The molecule has 1 fully saturated rings. The van der Waals surface area contributed by atoms with Crippen molar-refractivity contribution < 1.29 is 14.6 Å². The second kappa shape index (κ2) is 8.59. The SMILES string of the molecule is CCC(O)C1CC(NC(=O)c2cc(Cl)c(N)cc2OC)CN1.Cl. The summed E-state index contributed by atoms with van der Waals surface area (Å²) in [5.74, 6) is 0.118. The number of amides is 1. The first-order valence-corrected chi connectivity index (χ1v) is 7.69. The molecule has 0 bridgehead atoms. The molecule has 130 valence electrons. The summed E-state index contributed by atoms with van der Waals surface area (Å²) in [5, 5.41) is 16.3. The van der Waals surface area contributed by atoms with Gasteiger partial charge >= 0.3 is 0 Å². The minimum Gasteiger partial charge on any atom is -0.496 e. The van der Waals surface area contributed by atoms with E-state index in [0.29, 0.717) is 41.4 Å². The Balaban J connectivity index is 0.00000264. The first-order chi connectivity index (χ1) is 10.5. The van der Waals surface area contributed by atoms with Crippen molar-refractivity contribution in [3.8, 4) is 5.75 Å². The van der Waals surface area contributed by atoms with Crippen LogP contribution in [0.1, 0.15) is 30.1 Å². The van der Waals surface area contributed by atoms with Gasteiger partial charge in [0.2, 0.25) is 0 Å². The fraction of sp³-hybridized carbons (Fsp3) is 0.533. The van der Waals surface area contributed by atoms with Gasteiger partial charge in [-0.3, -0.25) is 4.79 Å². The molecule has 1 saturated heterocycles. The van der Waals surface area contributed by atoms with E-state index in [1.165, 1.54) is 19.2 Å². The Kier molecular flexibility index (Phi) is 7.41. The van der Waals surface area contributed by atoms with Crippen LogP contribution in [0.4, 0.5) is 5.69 Å². The van der Waals surface area contributed by atoms with Crippen LogP contribution in [-0.2, 0) is 0 Å². The zero-order chi connectivity index (χ0) is 16.3. The molecule has 1 aromatic rings. The van der Waals surface area contributed by atoms with Gasteiger partial charge in [0.15, 0.2) is 0 Å². The molecule has 3 atom stereocenters. The number of nitrogens with one attached hydrogen (secondary N) is 2. The van der Waals surface area contributed by atoms with Crippen molar-refractivity contribution in [3.05, 3.63) is 22.7 Å². The van der Waals surface area contributed by atoms with Crippen LogP contribution in [0.15, 0.2) is 12.1 Å². The lowest BCUT2D eigenvalue weighted by Gasteiger charge is -2.17. The minimum atomic E-state index is -0.401. The van der Waals surface area contributed by atoms with Crippen molar-refractivity contribution in [2.75, 3.05) is 19.4 Å². The molecule has 23 heavy (non-hydrogen) atoms. The van der Waals surface area contributed by atoms with Gasteiger partial charge in [-0.2, -0.15) is 0 Å². The molecule has 1 aromatic carbocycles. The third-order valence-electron chi connectivity index (χ3n) is 3.95. The van der Waals surface area contributed by atoms with Crippen molar-refractivity contribution >= 4 is 35.6 Å². The number of benzene rings is 1. The van der Waals surface area contributed by atoms with Crippen molar-refractivity contribution in [1.29, 1.82) is 0 Å². The summed E-state index contributed by atoms with van der Waals surface area (Å²) in [6.07, 6.45) is 0.966. The Morgan fingerprint density at radius 3 is 2.91 bits per heavy atom. The molecule has 0 spiro atoms. The second-order valence-corrected chi connectivity index (χ2v) is 5.88.